The van der Waals surface area contributed by atoms with E-state index in [-0.39, 0.29) is 41.0 Å². The first kappa shape index (κ1) is 20.9. The van der Waals surface area contributed by atoms with Gasteiger partial charge in [0.05, 0.1) is 16.7 Å². The number of aromatic nitrogens is 2. The highest BCUT2D eigenvalue weighted by atomic mass is 32.2. The molecular formula is C20H20N5O5S-. The minimum Gasteiger partial charge on any atom is -0.366 e. The first-order chi connectivity index (χ1) is 14.8. The van der Waals surface area contributed by atoms with Gasteiger partial charge in [-0.3, -0.25) is 24.0 Å². The highest BCUT2D eigenvalue weighted by Gasteiger charge is 2.48. The third-order valence-corrected chi connectivity index (χ3v) is 6.70. The molecule has 0 unspecified atom stereocenters. The van der Waals surface area contributed by atoms with Crippen LogP contribution in [0, 0.1) is 11.8 Å². The van der Waals surface area contributed by atoms with Crippen LogP contribution < -0.4 is 5.32 Å². The predicted octanol–water partition coefficient (Wildman–Crippen LogP) is 1.98. The second kappa shape index (κ2) is 8.42. The molecule has 1 aromatic carbocycles. The topological polar surface area (TPSA) is 140 Å². The summed E-state index contributed by atoms with van der Waals surface area (Å²) in [5.74, 6) is -1.89. The van der Waals surface area contributed by atoms with Gasteiger partial charge in [-0.2, -0.15) is 0 Å². The van der Waals surface area contributed by atoms with Gasteiger partial charge < -0.3 is 15.3 Å². The van der Waals surface area contributed by atoms with Crippen molar-refractivity contribution in [3.8, 4) is 0 Å². The fourth-order valence-corrected chi connectivity index (χ4v) is 4.83. The SMILES string of the molecule is O=C(CN1C(=O)[C@H]2CCCC[C@H]2C1=O)Nc1ccc(S(=O)(=O)[N-]c2ncccn2)cc1. The summed E-state index contributed by atoms with van der Waals surface area (Å²) in [7, 11) is -4.01. The van der Waals surface area contributed by atoms with Crippen LogP contribution in [-0.2, 0) is 24.4 Å². The van der Waals surface area contributed by atoms with Crippen molar-refractivity contribution in [2.45, 2.75) is 30.6 Å². The molecule has 0 radical (unpaired) electrons. The summed E-state index contributed by atoms with van der Waals surface area (Å²) < 4.78 is 28.2. The Labute approximate surface area is 179 Å². The van der Waals surface area contributed by atoms with Gasteiger partial charge in [-0.05, 0) is 49.5 Å². The van der Waals surface area contributed by atoms with Gasteiger partial charge in [0, 0.05) is 11.6 Å². The van der Waals surface area contributed by atoms with E-state index in [4.69, 9.17) is 0 Å². The molecule has 2 atom stereocenters. The maximum Gasteiger partial charge on any atom is 0.244 e. The summed E-state index contributed by atoms with van der Waals surface area (Å²) in [5.41, 5.74) is 0.330. The number of sulfonamides is 1. The number of fused-ring (bicyclic) bond motifs is 1. The highest BCUT2D eigenvalue weighted by molar-refractivity contribution is 7.94. The lowest BCUT2D eigenvalue weighted by atomic mass is 9.81. The van der Waals surface area contributed by atoms with Gasteiger partial charge in [0.15, 0.2) is 0 Å². The lowest BCUT2D eigenvalue weighted by Gasteiger charge is -2.19. The fraction of sp³-hybridized carbons (Fsp3) is 0.350. The minimum atomic E-state index is -4.01. The van der Waals surface area contributed by atoms with Crippen molar-refractivity contribution in [2.24, 2.45) is 11.8 Å². The number of hydrogen-bond acceptors (Lipinski definition) is 7. The molecule has 1 saturated heterocycles. The summed E-state index contributed by atoms with van der Waals surface area (Å²) in [6.45, 7) is -0.356. The Kier molecular flexibility index (Phi) is 5.68. The van der Waals surface area contributed by atoms with Crippen molar-refractivity contribution in [1.82, 2.24) is 14.9 Å². The minimum absolute atomic E-state index is 0.0908. The first-order valence-corrected chi connectivity index (χ1v) is 11.3. The Balaban J connectivity index is 1.38. The molecule has 10 nitrogen and oxygen atoms in total. The molecule has 31 heavy (non-hydrogen) atoms. The molecule has 11 heteroatoms. The number of carbonyl (C=O) groups is 3. The number of amides is 3. The Morgan fingerprint density at radius 3 is 2.19 bits per heavy atom. The van der Waals surface area contributed by atoms with E-state index in [1.165, 1.54) is 36.7 Å². The van der Waals surface area contributed by atoms with Crippen molar-refractivity contribution in [3.63, 3.8) is 0 Å². The Hall–Kier alpha value is -3.34. The monoisotopic (exact) mass is 442 g/mol. The van der Waals surface area contributed by atoms with Crippen LogP contribution in [0.4, 0.5) is 11.6 Å². The molecule has 2 aliphatic rings. The molecule has 3 amide bonds. The van der Waals surface area contributed by atoms with Crippen LogP contribution in [0.25, 0.3) is 4.72 Å². The molecular weight excluding hydrogens is 422 g/mol. The van der Waals surface area contributed by atoms with Gasteiger partial charge in [-0.15, -0.1) is 0 Å². The van der Waals surface area contributed by atoms with E-state index in [0.717, 1.165) is 17.7 Å². The molecule has 1 aliphatic carbocycles. The number of anilines is 1. The summed E-state index contributed by atoms with van der Waals surface area (Å²) in [6.07, 6.45) is 5.95. The fourth-order valence-electron chi connectivity index (χ4n) is 3.94. The van der Waals surface area contributed by atoms with Crippen molar-refractivity contribution in [3.05, 3.63) is 47.4 Å². The molecule has 2 fully saturated rings. The van der Waals surface area contributed by atoms with E-state index in [9.17, 15) is 22.8 Å². The Morgan fingerprint density at radius 2 is 1.61 bits per heavy atom. The molecule has 2 heterocycles. The second-order valence-corrected chi connectivity index (χ2v) is 9.05. The maximum atomic E-state index is 12.5. The van der Waals surface area contributed by atoms with E-state index >= 15 is 0 Å². The standard InChI is InChI=1S/C20H21N5O5S/c26-17(12-25-18(27)15-4-1-2-5-16(15)19(25)28)23-13-6-8-14(9-7-13)31(29,30)24-20-21-10-3-11-22-20/h3,6-11,15-16H,1-2,4-5,12H2,(H2,21,22,23,24,26)/p-1/t15-,16+. The molecule has 1 aromatic heterocycles. The van der Waals surface area contributed by atoms with Crippen LogP contribution in [-0.4, -0.2) is 47.6 Å². The molecule has 2 aromatic rings. The molecule has 1 saturated carbocycles. The lowest BCUT2D eigenvalue weighted by Crippen LogP contribution is -2.38. The van der Waals surface area contributed by atoms with Crippen molar-refractivity contribution in [2.75, 3.05) is 11.9 Å². The number of hydrogen-bond donors (Lipinski definition) is 1. The lowest BCUT2D eigenvalue weighted by molar-refractivity contribution is -0.142. The molecule has 162 valence electrons. The van der Waals surface area contributed by atoms with Crippen molar-refractivity contribution in [1.29, 1.82) is 0 Å². The number of benzene rings is 1. The highest BCUT2D eigenvalue weighted by Crippen LogP contribution is 2.37. The van der Waals surface area contributed by atoms with Gasteiger partial charge in [-0.25, -0.2) is 8.42 Å². The number of nitrogens with zero attached hydrogens (tertiary/aromatic N) is 4. The average molecular weight is 442 g/mol. The summed E-state index contributed by atoms with van der Waals surface area (Å²) in [4.78, 5) is 45.8. The van der Waals surface area contributed by atoms with Crippen LogP contribution >= 0.6 is 0 Å². The third kappa shape index (κ3) is 4.41. The number of imide groups is 1. The van der Waals surface area contributed by atoms with Gasteiger partial charge in [0.1, 0.15) is 6.54 Å². The molecule has 0 bridgehead atoms. The van der Waals surface area contributed by atoms with E-state index in [2.05, 4.69) is 20.0 Å². The summed E-state index contributed by atoms with van der Waals surface area (Å²) in [5, 5.41) is 2.58. The Bertz CT molecular complexity index is 1080. The van der Waals surface area contributed by atoms with Crippen LogP contribution in [0.1, 0.15) is 25.7 Å². The smallest absolute Gasteiger partial charge is 0.244 e. The van der Waals surface area contributed by atoms with Gasteiger partial charge in [0.25, 0.3) is 0 Å². The normalized spacial score (nSPS) is 21.0. The maximum absolute atomic E-state index is 12.5. The first-order valence-electron chi connectivity index (χ1n) is 9.85. The zero-order valence-corrected chi connectivity index (χ0v) is 17.3. The zero-order valence-electron chi connectivity index (χ0n) is 16.5. The van der Waals surface area contributed by atoms with Gasteiger partial charge in [-0.1, -0.05) is 18.9 Å². The van der Waals surface area contributed by atoms with E-state index in [1.54, 1.807) is 6.07 Å². The predicted molar refractivity (Wildman–Crippen MR) is 109 cm³/mol. The summed E-state index contributed by atoms with van der Waals surface area (Å²) in [6, 6.07) is 6.93. The molecule has 1 aliphatic heterocycles. The largest absolute Gasteiger partial charge is 0.366 e. The van der Waals surface area contributed by atoms with Crippen molar-refractivity contribution >= 4 is 39.4 Å². The van der Waals surface area contributed by atoms with Crippen LogP contribution in [0.15, 0.2) is 47.6 Å². The van der Waals surface area contributed by atoms with Crippen LogP contribution in [0.3, 0.4) is 0 Å². The van der Waals surface area contributed by atoms with Crippen LogP contribution in [0.5, 0.6) is 0 Å². The zero-order chi connectivity index (χ0) is 22.0. The number of carbonyl (C=O) groups excluding carboxylic acids is 3. The Morgan fingerprint density at radius 1 is 1.03 bits per heavy atom. The number of likely N-dealkylation sites (tertiary alicyclic amines) is 1. The molecule has 1 N–H and O–H groups in total. The van der Waals surface area contributed by atoms with Gasteiger partial charge >= 0.3 is 0 Å². The quantitative estimate of drug-likeness (QED) is 0.674. The second-order valence-electron chi connectivity index (χ2n) is 7.45. The summed E-state index contributed by atoms with van der Waals surface area (Å²) >= 11 is 0. The molecule has 0 spiro atoms. The van der Waals surface area contributed by atoms with E-state index in [0.29, 0.717) is 18.5 Å². The third-order valence-electron chi connectivity index (χ3n) is 5.42. The number of nitrogens with one attached hydrogen (secondary N) is 1. The van der Waals surface area contributed by atoms with E-state index in [1.807, 2.05) is 0 Å². The molecule has 4 rings (SSSR count). The van der Waals surface area contributed by atoms with Crippen LogP contribution in [0.2, 0.25) is 0 Å². The number of rotatable bonds is 6. The van der Waals surface area contributed by atoms with Crippen molar-refractivity contribution < 1.29 is 22.8 Å². The van der Waals surface area contributed by atoms with Gasteiger partial charge in [0.2, 0.25) is 27.7 Å². The average Bonchev–Trinajstić information content (AvgIpc) is 3.00. The van der Waals surface area contributed by atoms with E-state index < -0.39 is 15.9 Å².